The van der Waals surface area contributed by atoms with Crippen LogP contribution < -0.4 is 19.5 Å². The van der Waals surface area contributed by atoms with Gasteiger partial charge in [0.25, 0.3) is 5.91 Å². The van der Waals surface area contributed by atoms with Crippen LogP contribution in [0, 0.1) is 0 Å². The maximum absolute atomic E-state index is 12.5. The van der Waals surface area contributed by atoms with E-state index in [1.165, 1.54) is 0 Å². The fourth-order valence-electron chi connectivity index (χ4n) is 2.93. The maximum atomic E-state index is 12.5. The molecule has 0 spiro atoms. The van der Waals surface area contributed by atoms with Gasteiger partial charge in [-0.1, -0.05) is 24.3 Å². The summed E-state index contributed by atoms with van der Waals surface area (Å²) in [5.74, 6) is 2.72. The summed E-state index contributed by atoms with van der Waals surface area (Å²) in [7, 11) is 0. The molecule has 1 amide bonds. The molecule has 2 heterocycles. The van der Waals surface area contributed by atoms with Crippen LogP contribution in [0.2, 0.25) is 0 Å². The predicted octanol–water partition coefficient (Wildman–Crippen LogP) is 4.12. The van der Waals surface area contributed by atoms with Crippen LogP contribution in [0.4, 0.5) is 0 Å². The minimum absolute atomic E-state index is 0.211. The summed E-state index contributed by atoms with van der Waals surface area (Å²) in [6.07, 6.45) is 0. The predicted molar refractivity (Wildman–Crippen MR) is 103 cm³/mol. The van der Waals surface area contributed by atoms with Crippen LogP contribution >= 0.6 is 0 Å². The molecule has 1 N–H and O–H groups in total. The lowest BCUT2D eigenvalue weighted by Gasteiger charge is -2.21. The number of furan rings is 1. The number of rotatable bonds is 6. The van der Waals surface area contributed by atoms with Gasteiger partial charge in [-0.2, -0.15) is 0 Å². The van der Waals surface area contributed by atoms with Gasteiger partial charge in [0, 0.05) is 0 Å². The summed E-state index contributed by atoms with van der Waals surface area (Å²) in [5.41, 5.74) is 0.928. The molecular formula is C22H21NO5. The van der Waals surface area contributed by atoms with Gasteiger partial charge in [-0.15, -0.1) is 0 Å². The number of nitrogens with one attached hydrogen (secondary N) is 1. The van der Waals surface area contributed by atoms with E-state index >= 15 is 0 Å². The van der Waals surface area contributed by atoms with Crippen LogP contribution in [0.15, 0.2) is 65.1 Å². The lowest BCUT2D eigenvalue weighted by atomic mass is 10.1. The van der Waals surface area contributed by atoms with Gasteiger partial charge in [0.2, 0.25) is 0 Å². The van der Waals surface area contributed by atoms with Crippen molar-refractivity contribution in [2.24, 2.45) is 0 Å². The summed E-state index contributed by atoms with van der Waals surface area (Å²) in [6.45, 7) is 3.24. The van der Waals surface area contributed by atoms with Crippen molar-refractivity contribution in [1.82, 2.24) is 5.32 Å². The molecule has 0 fully saturated rings. The summed E-state index contributed by atoms with van der Waals surface area (Å²) in [5, 5.41) is 2.94. The number of hydrogen-bond donors (Lipinski definition) is 1. The Balaban J connectivity index is 1.36. The Labute approximate surface area is 163 Å². The molecule has 28 heavy (non-hydrogen) atoms. The fraction of sp³-hybridized carbons (Fsp3) is 0.227. The van der Waals surface area contributed by atoms with E-state index in [0.29, 0.717) is 24.7 Å². The highest BCUT2D eigenvalue weighted by Crippen LogP contribution is 2.32. The molecule has 6 heteroatoms. The van der Waals surface area contributed by atoms with Crippen LogP contribution in [0.3, 0.4) is 0 Å². The van der Waals surface area contributed by atoms with Gasteiger partial charge in [0.15, 0.2) is 17.3 Å². The third-order valence-electron chi connectivity index (χ3n) is 4.42. The summed E-state index contributed by atoms with van der Waals surface area (Å²) in [6, 6.07) is 18.3. The standard InChI is InChI=1S/C22H21NO5/c1-15(16-7-9-19-21(13-16)26-12-11-25-19)23-22(24)20-10-8-18(28-20)14-27-17-5-3-2-4-6-17/h2-10,13,15H,11-12,14H2,1H3,(H,23,24). The van der Waals surface area contributed by atoms with E-state index in [1.807, 2.05) is 55.5 Å². The molecule has 1 unspecified atom stereocenters. The fourth-order valence-corrected chi connectivity index (χ4v) is 2.93. The maximum Gasteiger partial charge on any atom is 0.287 e. The van der Waals surface area contributed by atoms with Crippen LogP contribution in [-0.4, -0.2) is 19.1 Å². The third-order valence-corrected chi connectivity index (χ3v) is 4.42. The number of carbonyl (C=O) groups is 1. The average molecular weight is 379 g/mol. The van der Waals surface area contributed by atoms with E-state index in [0.717, 1.165) is 17.1 Å². The van der Waals surface area contributed by atoms with Gasteiger partial charge < -0.3 is 23.9 Å². The van der Waals surface area contributed by atoms with Gasteiger partial charge in [0.1, 0.15) is 31.3 Å². The van der Waals surface area contributed by atoms with Crippen molar-refractivity contribution in [1.29, 1.82) is 0 Å². The molecule has 6 nitrogen and oxygen atoms in total. The number of amides is 1. The molecule has 1 aliphatic heterocycles. The van der Waals surface area contributed by atoms with E-state index in [-0.39, 0.29) is 24.3 Å². The van der Waals surface area contributed by atoms with Crippen LogP contribution in [0.1, 0.15) is 34.8 Å². The van der Waals surface area contributed by atoms with Crippen molar-refractivity contribution in [2.75, 3.05) is 13.2 Å². The highest BCUT2D eigenvalue weighted by atomic mass is 16.6. The molecule has 1 atom stereocenters. The van der Waals surface area contributed by atoms with Crippen LogP contribution in [-0.2, 0) is 6.61 Å². The van der Waals surface area contributed by atoms with Gasteiger partial charge in [-0.25, -0.2) is 0 Å². The van der Waals surface area contributed by atoms with Gasteiger partial charge >= 0.3 is 0 Å². The molecular weight excluding hydrogens is 358 g/mol. The van der Waals surface area contributed by atoms with E-state index < -0.39 is 0 Å². The van der Waals surface area contributed by atoms with Gasteiger partial charge in [0.05, 0.1) is 6.04 Å². The SMILES string of the molecule is CC(NC(=O)c1ccc(COc2ccccc2)o1)c1ccc2c(c1)OCCO2. The zero-order valence-electron chi connectivity index (χ0n) is 15.5. The van der Waals surface area contributed by atoms with Crippen molar-refractivity contribution in [3.63, 3.8) is 0 Å². The minimum Gasteiger partial charge on any atom is -0.486 e. The van der Waals surface area contributed by atoms with E-state index in [1.54, 1.807) is 12.1 Å². The zero-order chi connectivity index (χ0) is 19.3. The molecule has 4 rings (SSSR count). The summed E-state index contributed by atoms with van der Waals surface area (Å²) >= 11 is 0. The molecule has 0 saturated carbocycles. The first-order chi connectivity index (χ1) is 13.7. The Kier molecular flexibility index (Phi) is 5.19. The van der Waals surface area contributed by atoms with Gasteiger partial charge in [-0.3, -0.25) is 4.79 Å². The van der Waals surface area contributed by atoms with Crippen molar-refractivity contribution in [3.05, 3.63) is 77.7 Å². The Morgan fingerprint density at radius 2 is 1.82 bits per heavy atom. The normalized spacial score (nSPS) is 13.6. The number of ether oxygens (including phenoxy) is 3. The monoisotopic (exact) mass is 379 g/mol. The highest BCUT2D eigenvalue weighted by molar-refractivity contribution is 5.91. The molecule has 3 aromatic rings. The Morgan fingerprint density at radius 1 is 1.04 bits per heavy atom. The number of benzene rings is 2. The Hall–Kier alpha value is -3.41. The highest BCUT2D eigenvalue weighted by Gasteiger charge is 2.18. The smallest absolute Gasteiger partial charge is 0.287 e. The molecule has 1 aromatic heterocycles. The molecule has 0 saturated heterocycles. The zero-order valence-corrected chi connectivity index (χ0v) is 15.5. The van der Waals surface area contributed by atoms with Crippen LogP contribution in [0.5, 0.6) is 17.2 Å². The molecule has 144 valence electrons. The van der Waals surface area contributed by atoms with Crippen molar-refractivity contribution in [3.8, 4) is 17.2 Å². The molecule has 1 aliphatic rings. The number of para-hydroxylation sites is 1. The average Bonchev–Trinajstić information content (AvgIpc) is 3.22. The van der Waals surface area contributed by atoms with E-state index in [4.69, 9.17) is 18.6 Å². The Bertz CT molecular complexity index is 951. The number of hydrogen-bond acceptors (Lipinski definition) is 5. The van der Waals surface area contributed by atoms with Gasteiger partial charge in [-0.05, 0) is 48.9 Å². The first-order valence-electron chi connectivity index (χ1n) is 9.16. The molecule has 0 aliphatic carbocycles. The van der Waals surface area contributed by atoms with Crippen molar-refractivity contribution in [2.45, 2.75) is 19.6 Å². The first kappa shape index (κ1) is 18.0. The quantitative estimate of drug-likeness (QED) is 0.698. The number of carbonyl (C=O) groups excluding carboxylic acids is 1. The molecule has 0 bridgehead atoms. The second kappa shape index (κ2) is 8.08. The summed E-state index contributed by atoms with van der Waals surface area (Å²) < 4.78 is 22.4. The second-order valence-electron chi connectivity index (χ2n) is 6.47. The topological polar surface area (TPSA) is 69.9 Å². The first-order valence-corrected chi connectivity index (χ1v) is 9.16. The molecule has 0 radical (unpaired) electrons. The second-order valence-corrected chi connectivity index (χ2v) is 6.47. The van der Waals surface area contributed by atoms with Crippen molar-refractivity contribution < 1.29 is 23.4 Å². The van der Waals surface area contributed by atoms with Crippen molar-refractivity contribution >= 4 is 5.91 Å². The lowest BCUT2D eigenvalue weighted by molar-refractivity contribution is 0.0907. The minimum atomic E-state index is -0.284. The van der Waals surface area contributed by atoms with Crippen LogP contribution in [0.25, 0.3) is 0 Å². The lowest BCUT2D eigenvalue weighted by Crippen LogP contribution is -2.26. The van der Waals surface area contributed by atoms with E-state index in [9.17, 15) is 4.79 Å². The summed E-state index contributed by atoms with van der Waals surface area (Å²) in [4.78, 5) is 12.5. The number of fused-ring (bicyclic) bond motifs is 1. The third kappa shape index (κ3) is 4.11. The van der Waals surface area contributed by atoms with E-state index in [2.05, 4.69) is 5.32 Å². The molecule has 2 aromatic carbocycles. The Morgan fingerprint density at radius 3 is 2.64 bits per heavy atom. The largest absolute Gasteiger partial charge is 0.486 e.